The van der Waals surface area contributed by atoms with E-state index in [4.69, 9.17) is 28.8 Å². The van der Waals surface area contributed by atoms with Gasteiger partial charge >= 0.3 is 5.97 Å². The molecule has 21 nitrogen and oxygen atoms in total. The fraction of sp³-hybridized carbons (Fsp3) is 0.913. The highest BCUT2D eigenvalue weighted by atomic mass is 16.8. The van der Waals surface area contributed by atoms with Gasteiger partial charge in [-0.1, -0.05) is 0 Å². The zero-order valence-corrected chi connectivity index (χ0v) is 22.9. The molecule has 3 aliphatic rings. The van der Waals surface area contributed by atoms with E-state index < -0.39 is 142 Å². The first-order valence-electron chi connectivity index (χ1n) is 13.4. The molecule has 44 heavy (non-hydrogen) atoms. The fourth-order valence-corrected chi connectivity index (χ4v) is 5.16. The average Bonchev–Trinajstić information content (AvgIpc) is 3.00. The van der Waals surface area contributed by atoms with E-state index in [0.717, 1.165) is 0 Å². The summed E-state index contributed by atoms with van der Waals surface area (Å²) in [7, 11) is 0. The molecule has 14 N–H and O–H groups in total. The van der Waals surface area contributed by atoms with Crippen molar-refractivity contribution in [2.75, 3.05) is 26.4 Å². The number of hydrogen-bond acceptors (Lipinski definition) is 19. The number of nitrogens with one attached hydrogen (secondary N) is 1. The first-order chi connectivity index (χ1) is 20.7. The molecule has 16 atom stereocenters. The van der Waals surface area contributed by atoms with Crippen molar-refractivity contribution in [3.63, 3.8) is 0 Å². The number of carboxylic acids is 1. The molecule has 3 aliphatic heterocycles. The van der Waals surface area contributed by atoms with E-state index in [-0.39, 0.29) is 0 Å². The quantitative estimate of drug-likeness (QED) is 0.0932. The van der Waals surface area contributed by atoms with Crippen LogP contribution in [-0.2, 0) is 33.3 Å². The molecule has 0 radical (unpaired) electrons. The van der Waals surface area contributed by atoms with Crippen molar-refractivity contribution in [2.24, 2.45) is 0 Å². The SMILES string of the molecule is O=C(CO)N[C@H]1[C@H]([C@H](O)[C@H](O)CO)O[C@@](O[C@H]2[C@@H](O)[C@@H](CO)O[C@@H](O[C@H]3[C@H](O)[C@@H](O)[C@@H](O)O[C@@H]3CO)[C@@H]2O)(C(=O)O)C[C@@H]1O. The Bertz CT molecular complexity index is 959. The number of carbonyl (C=O) groups is 2. The van der Waals surface area contributed by atoms with Crippen molar-refractivity contribution in [3.05, 3.63) is 0 Å². The molecule has 0 aromatic heterocycles. The van der Waals surface area contributed by atoms with Gasteiger partial charge in [0.25, 0.3) is 5.79 Å². The molecule has 0 saturated carbocycles. The van der Waals surface area contributed by atoms with Gasteiger partial charge in [0.05, 0.1) is 32.0 Å². The summed E-state index contributed by atoms with van der Waals surface area (Å²) in [5.74, 6) is -6.21. The largest absolute Gasteiger partial charge is 0.477 e. The van der Waals surface area contributed by atoms with Gasteiger partial charge in [-0.2, -0.15) is 0 Å². The number of aliphatic hydroxyl groups is 12. The molecule has 3 rings (SSSR count). The molecule has 0 aliphatic carbocycles. The highest BCUT2D eigenvalue weighted by Crippen LogP contribution is 2.38. The molecule has 21 heteroatoms. The lowest BCUT2D eigenvalue weighted by atomic mass is 9.88. The summed E-state index contributed by atoms with van der Waals surface area (Å²) >= 11 is 0. The molecule has 0 bridgehead atoms. The molecule has 3 fully saturated rings. The third-order valence-electron chi connectivity index (χ3n) is 7.57. The van der Waals surface area contributed by atoms with Crippen LogP contribution in [0.15, 0.2) is 0 Å². The van der Waals surface area contributed by atoms with Crippen LogP contribution in [0.5, 0.6) is 0 Å². The Balaban J connectivity index is 1.95. The van der Waals surface area contributed by atoms with Crippen LogP contribution in [0.2, 0.25) is 0 Å². The van der Waals surface area contributed by atoms with Gasteiger partial charge in [0, 0.05) is 6.42 Å². The smallest absolute Gasteiger partial charge is 0.364 e. The Morgan fingerprint density at radius 3 is 2.05 bits per heavy atom. The molecule has 0 spiro atoms. The molecule has 3 saturated heterocycles. The Morgan fingerprint density at radius 2 is 1.50 bits per heavy atom. The summed E-state index contributed by atoms with van der Waals surface area (Å²) in [6, 6.07) is -1.70. The van der Waals surface area contributed by atoms with E-state index in [1.807, 2.05) is 0 Å². The number of rotatable bonds is 12. The van der Waals surface area contributed by atoms with Crippen LogP contribution in [0.3, 0.4) is 0 Å². The molecule has 0 aromatic rings. The van der Waals surface area contributed by atoms with Gasteiger partial charge < -0.3 is 95.4 Å². The number of aliphatic carboxylic acids is 1. The van der Waals surface area contributed by atoms with E-state index in [2.05, 4.69) is 5.32 Å². The maximum absolute atomic E-state index is 12.6. The summed E-state index contributed by atoms with van der Waals surface area (Å²) in [4.78, 5) is 24.4. The first-order valence-corrected chi connectivity index (χ1v) is 13.4. The van der Waals surface area contributed by atoms with E-state index in [1.165, 1.54) is 0 Å². The predicted molar refractivity (Wildman–Crippen MR) is 131 cm³/mol. The minimum atomic E-state index is -3.09. The van der Waals surface area contributed by atoms with Crippen LogP contribution in [-0.4, -0.2) is 202 Å². The van der Waals surface area contributed by atoms with E-state index in [1.54, 1.807) is 0 Å². The zero-order chi connectivity index (χ0) is 33.1. The van der Waals surface area contributed by atoms with Crippen LogP contribution < -0.4 is 5.32 Å². The van der Waals surface area contributed by atoms with Crippen LogP contribution in [0.4, 0.5) is 0 Å². The lowest BCUT2D eigenvalue weighted by molar-refractivity contribution is -0.385. The second-order valence-electron chi connectivity index (χ2n) is 10.5. The molecule has 0 unspecified atom stereocenters. The Morgan fingerprint density at radius 1 is 0.864 bits per heavy atom. The standard InChI is InChI=1S/C23H39NO20/c25-2-7(30)12(32)18-11(24-10(31)5-28)6(29)1-23(43-18,22(38)39)44-19-13(33)8(3-26)41-21(16(19)36)42-17-9(4-27)40-20(37)15(35)14(17)34/h6-9,11-21,25-30,32-37H,1-5H2,(H,24,31)(H,38,39)/t6-,7+,8+,9+,11+,12+,13-,14+,15+,16+,17+,18+,19-,20-,21-,23-/m0/s1. The number of carbonyl (C=O) groups excluding carboxylic acids is 1. The number of aliphatic hydroxyl groups excluding tert-OH is 12. The summed E-state index contributed by atoms with van der Waals surface area (Å²) in [5, 5.41) is 133. The minimum absolute atomic E-state index is 0.883. The second-order valence-corrected chi connectivity index (χ2v) is 10.5. The normalized spacial score (nSPS) is 44.5. The van der Waals surface area contributed by atoms with Gasteiger partial charge in [-0.15, -0.1) is 0 Å². The lowest BCUT2D eigenvalue weighted by Crippen LogP contribution is -2.71. The summed E-state index contributed by atoms with van der Waals surface area (Å²) in [5.41, 5.74) is 0. The summed E-state index contributed by atoms with van der Waals surface area (Å²) in [6.45, 7) is -4.07. The third kappa shape index (κ3) is 7.45. The lowest BCUT2D eigenvalue weighted by Gasteiger charge is -2.50. The Labute approximate surface area is 248 Å². The van der Waals surface area contributed by atoms with E-state index in [9.17, 15) is 70.9 Å². The second kappa shape index (κ2) is 15.2. The van der Waals surface area contributed by atoms with Gasteiger partial charge in [-0.05, 0) is 0 Å². The highest BCUT2D eigenvalue weighted by molar-refractivity contribution is 5.78. The van der Waals surface area contributed by atoms with Crippen molar-refractivity contribution in [3.8, 4) is 0 Å². The molecule has 0 aromatic carbocycles. The van der Waals surface area contributed by atoms with Crippen molar-refractivity contribution in [1.29, 1.82) is 0 Å². The number of carboxylic acid groups (broad SMARTS) is 1. The number of amides is 1. The fourth-order valence-electron chi connectivity index (χ4n) is 5.16. The molecule has 256 valence electrons. The molecule has 1 amide bonds. The predicted octanol–water partition coefficient (Wildman–Crippen LogP) is -9.25. The number of hydrogen-bond donors (Lipinski definition) is 14. The van der Waals surface area contributed by atoms with Gasteiger partial charge in [0.2, 0.25) is 5.91 Å². The monoisotopic (exact) mass is 649 g/mol. The summed E-state index contributed by atoms with van der Waals surface area (Å²) in [6.07, 6.45) is -28.5. The number of ether oxygens (including phenoxy) is 5. The van der Waals surface area contributed by atoms with Gasteiger partial charge in [0.1, 0.15) is 73.8 Å². The summed E-state index contributed by atoms with van der Waals surface area (Å²) < 4.78 is 26.8. The van der Waals surface area contributed by atoms with Gasteiger partial charge in [0.15, 0.2) is 12.6 Å². The van der Waals surface area contributed by atoms with Crippen LogP contribution >= 0.6 is 0 Å². The van der Waals surface area contributed by atoms with Gasteiger partial charge in [-0.25, -0.2) is 4.79 Å². The van der Waals surface area contributed by atoms with Crippen LogP contribution in [0, 0.1) is 0 Å². The molecular formula is C23H39NO20. The minimum Gasteiger partial charge on any atom is -0.477 e. The van der Waals surface area contributed by atoms with Gasteiger partial charge in [-0.3, -0.25) is 4.79 Å². The zero-order valence-electron chi connectivity index (χ0n) is 22.9. The first kappa shape index (κ1) is 36.7. The molecule has 3 heterocycles. The topological polar surface area (TPSA) is 355 Å². The maximum atomic E-state index is 12.6. The maximum Gasteiger partial charge on any atom is 0.364 e. The molecular weight excluding hydrogens is 610 g/mol. The van der Waals surface area contributed by atoms with Crippen molar-refractivity contribution < 1.29 is 99.7 Å². The van der Waals surface area contributed by atoms with Crippen LogP contribution in [0.25, 0.3) is 0 Å². The Hall–Kier alpha value is -1.74. The van der Waals surface area contributed by atoms with Crippen molar-refractivity contribution in [1.82, 2.24) is 5.32 Å². The van der Waals surface area contributed by atoms with Crippen molar-refractivity contribution in [2.45, 2.75) is 104 Å². The average molecular weight is 650 g/mol. The van der Waals surface area contributed by atoms with Crippen molar-refractivity contribution >= 4 is 11.9 Å². The van der Waals surface area contributed by atoms with Crippen LogP contribution in [0.1, 0.15) is 6.42 Å². The van der Waals surface area contributed by atoms with E-state index in [0.29, 0.717) is 0 Å². The van der Waals surface area contributed by atoms with E-state index >= 15 is 0 Å². The highest BCUT2D eigenvalue weighted by Gasteiger charge is 2.60. The Kier molecular flexibility index (Phi) is 12.7. The third-order valence-corrected chi connectivity index (χ3v) is 7.57.